The summed E-state index contributed by atoms with van der Waals surface area (Å²) in [5.41, 5.74) is 3.19. The summed E-state index contributed by atoms with van der Waals surface area (Å²) in [7, 11) is 0. The number of hydrogen-bond acceptors (Lipinski definition) is 7. The van der Waals surface area contributed by atoms with Crippen molar-refractivity contribution in [3.05, 3.63) is 100 Å². The normalized spacial score (nSPS) is 15.2. The van der Waals surface area contributed by atoms with Crippen molar-refractivity contribution in [1.82, 2.24) is 14.8 Å². The predicted octanol–water partition coefficient (Wildman–Crippen LogP) is 5.53. The second kappa shape index (κ2) is 17.9. The lowest BCUT2D eigenvalue weighted by Gasteiger charge is -2.41. The smallest absolute Gasteiger partial charge is 0.417 e. The Kier molecular flexibility index (Phi) is 14.6. The molecule has 0 aliphatic heterocycles. The first-order chi connectivity index (χ1) is 23.1. The fraction of sp³-hybridized carbons (Fsp3) is 0.417. The summed E-state index contributed by atoms with van der Waals surface area (Å²) >= 11 is 5.73. The average molecular weight is 706 g/mol. The van der Waals surface area contributed by atoms with Gasteiger partial charge in [0.1, 0.15) is 61.6 Å². The minimum Gasteiger partial charge on any atom is -0.491 e. The Hall–Kier alpha value is -3.52. The van der Waals surface area contributed by atoms with Gasteiger partial charge in [-0.15, -0.1) is 0 Å². The van der Waals surface area contributed by atoms with Gasteiger partial charge < -0.3 is 25.0 Å². The van der Waals surface area contributed by atoms with E-state index in [0.717, 1.165) is 37.0 Å². The number of aliphatic hydroxyl groups excluding tert-OH is 3. The van der Waals surface area contributed by atoms with Gasteiger partial charge in [0, 0.05) is 18.2 Å². The number of hydrazone groups is 1. The maximum atomic E-state index is 13.9. The van der Waals surface area contributed by atoms with Crippen LogP contribution in [0.2, 0.25) is 5.02 Å². The van der Waals surface area contributed by atoms with E-state index in [9.17, 15) is 33.3 Å². The van der Waals surface area contributed by atoms with Gasteiger partial charge in [-0.1, -0.05) is 49.7 Å². The van der Waals surface area contributed by atoms with Crippen LogP contribution in [0, 0.1) is 6.92 Å². The number of nitrogens with zero attached hydrogens (tertiary/aromatic N) is 3. The molecular formula is C36H45ClF3N4O5+. The molecule has 0 aliphatic rings. The molecule has 1 amide bonds. The lowest BCUT2D eigenvalue weighted by atomic mass is 10.0. The van der Waals surface area contributed by atoms with Crippen LogP contribution in [-0.4, -0.2) is 90.0 Å². The number of quaternary nitrogens is 1. The Labute approximate surface area is 291 Å². The van der Waals surface area contributed by atoms with Gasteiger partial charge in [-0.3, -0.25) is 9.28 Å². The standard InChI is InChI=1S/C36H44ClF3N4O5/c1-6-43(7-2)19-29(47)23-49-30-12-14-34(44(20-25(4)45,21-26(5)46)22-28-10-8-9-24(3)15-28)31(17-30)35(48)42-41-18-27-11-13-33(37)32(16-27)36(38,39)40/h3,8-18,25-26,29,45-47H,6-7,19-23H2,1-2,4-5H3/p+1. The van der Waals surface area contributed by atoms with Crippen molar-refractivity contribution in [2.24, 2.45) is 5.10 Å². The van der Waals surface area contributed by atoms with E-state index >= 15 is 0 Å². The van der Waals surface area contributed by atoms with Crippen LogP contribution in [0.15, 0.2) is 65.8 Å². The number of rotatable bonds is 17. The van der Waals surface area contributed by atoms with E-state index in [2.05, 4.69) is 10.5 Å². The first kappa shape index (κ1) is 39.9. The van der Waals surface area contributed by atoms with Crippen molar-refractivity contribution in [2.45, 2.75) is 58.7 Å². The lowest BCUT2D eigenvalue weighted by Crippen LogP contribution is -2.56. The van der Waals surface area contributed by atoms with Gasteiger partial charge in [-0.2, -0.15) is 18.3 Å². The van der Waals surface area contributed by atoms with Crippen LogP contribution < -0.4 is 14.6 Å². The first-order valence-electron chi connectivity index (χ1n) is 16.0. The maximum Gasteiger partial charge on any atom is 0.417 e. The molecule has 9 nitrogen and oxygen atoms in total. The quantitative estimate of drug-likeness (QED) is 0.0835. The Balaban J connectivity index is 2.08. The molecule has 0 bridgehead atoms. The number of nitrogens with one attached hydrogen (secondary N) is 1. The third-order valence-electron chi connectivity index (χ3n) is 7.87. The SMILES string of the molecule is [CH]c1cccc(C[N+](CC(C)O)(CC(C)O)c2ccc(OCC(O)CN(CC)CC)cc2C(=O)NN=Cc2ccc(Cl)c(C(F)(F)F)c2)c1. The summed E-state index contributed by atoms with van der Waals surface area (Å²) in [6.45, 7) is 15.5. The monoisotopic (exact) mass is 705 g/mol. The van der Waals surface area contributed by atoms with E-state index in [1.165, 1.54) is 12.1 Å². The highest BCUT2D eigenvalue weighted by atomic mass is 35.5. The molecule has 0 fully saturated rings. The maximum absolute atomic E-state index is 13.9. The fourth-order valence-corrected chi connectivity index (χ4v) is 6.05. The summed E-state index contributed by atoms with van der Waals surface area (Å²) < 4.78 is 46.0. The molecule has 0 aliphatic carbocycles. The van der Waals surface area contributed by atoms with Crippen LogP contribution >= 0.6 is 11.6 Å². The van der Waals surface area contributed by atoms with Crippen LogP contribution in [0.5, 0.6) is 5.75 Å². The lowest BCUT2D eigenvalue weighted by molar-refractivity contribution is -0.137. The largest absolute Gasteiger partial charge is 0.491 e. The summed E-state index contributed by atoms with van der Waals surface area (Å²) in [4.78, 5) is 15.9. The van der Waals surface area contributed by atoms with Gasteiger partial charge in [-0.05, 0) is 75.3 Å². The van der Waals surface area contributed by atoms with Crippen molar-refractivity contribution in [3.63, 3.8) is 0 Å². The Bertz CT molecular complexity index is 1550. The molecule has 49 heavy (non-hydrogen) atoms. The van der Waals surface area contributed by atoms with E-state index < -0.39 is 41.0 Å². The molecule has 0 heterocycles. The van der Waals surface area contributed by atoms with E-state index in [1.807, 2.05) is 24.8 Å². The highest BCUT2D eigenvalue weighted by Crippen LogP contribution is 2.36. The van der Waals surface area contributed by atoms with E-state index in [0.29, 0.717) is 17.8 Å². The van der Waals surface area contributed by atoms with Crippen LogP contribution in [-0.2, 0) is 12.7 Å². The zero-order valence-electron chi connectivity index (χ0n) is 28.1. The molecule has 0 saturated heterocycles. The number of aliphatic hydroxyl groups is 3. The average Bonchev–Trinajstić information content (AvgIpc) is 3.02. The number of halogens is 4. The third-order valence-corrected chi connectivity index (χ3v) is 8.20. The van der Waals surface area contributed by atoms with Gasteiger partial charge in [0.15, 0.2) is 0 Å². The third kappa shape index (κ3) is 11.8. The highest BCUT2D eigenvalue weighted by molar-refractivity contribution is 6.31. The zero-order valence-corrected chi connectivity index (χ0v) is 28.9. The van der Waals surface area contributed by atoms with Crippen LogP contribution in [0.25, 0.3) is 0 Å². The summed E-state index contributed by atoms with van der Waals surface area (Å²) in [6.07, 6.45) is -6.17. The van der Waals surface area contributed by atoms with Crippen LogP contribution in [0.1, 0.15) is 60.3 Å². The van der Waals surface area contributed by atoms with Gasteiger partial charge in [-0.25, -0.2) is 5.43 Å². The zero-order chi connectivity index (χ0) is 36.4. The summed E-state index contributed by atoms with van der Waals surface area (Å²) in [5, 5.41) is 35.5. The molecule has 3 aromatic rings. The molecule has 3 atom stereocenters. The fourth-order valence-electron chi connectivity index (χ4n) is 5.83. The number of benzene rings is 3. The Morgan fingerprint density at radius 2 is 1.71 bits per heavy atom. The van der Waals surface area contributed by atoms with Gasteiger partial charge in [0.25, 0.3) is 5.91 Å². The number of ether oxygens (including phenoxy) is 1. The van der Waals surface area contributed by atoms with E-state index in [4.69, 9.17) is 23.3 Å². The molecule has 0 saturated carbocycles. The highest BCUT2D eigenvalue weighted by Gasteiger charge is 2.38. The molecule has 0 spiro atoms. The molecule has 2 radical (unpaired) electrons. The number of alkyl halides is 3. The number of carbonyl (C=O) groups is 1. The number of likely N-dealkylation sites (N-methyl/N-ethyl adjacent to an activating group) is 1. The minimum absolute atomic E-state index is 0.0477. The molecular weight excluding hydrogens is 661 g/mol. The molecule has 0 aromatic heterocycles. The molecule has 3 aromatic carbocycles. The molecule has 266 valence electrons. The van der Waals surface area contributed by atoms with Gasteiger partial charge in [0.2, 0.25) is 0 Å². The number of amides is 1. The second-order valence-electron chi connectivity index (χ2n) is 12.2. The van der Waals surface area contributed by atoms with Crippen molar-refractivity contribution in [3.8, 4) is 5.75 Å². The molecule has 3 rings (SSSR count). The van der Waals surface area contributed by atoms with Crippen molar-refractivity contribution in [2.75, 3.05) is 39.3 Å². The Morgan fingerprint density at radius 1 is 1.04 bits per heavy atom. The van der Waals surface area contributed by atoms with Crippen molar-refractivity contribution in [1.29, 1.82) is 0 Å². The van der Waals surface area contributed by atoms with Crippen molar-refractivity contribution >= 4 is 29.4 Å². The number of carbonyl (C=O) groups excluding carboxylic acids is 1. The van der Waals surface area contributed by atoms with Crippen LogP contribution in [0.3, 0.4) is 0 Å². The minimum atomic E-state index is -4.68. The molecule has 3 unspecified atom stereocenters. The second-order valence-corrected chi connectivity index (χ2v) is 12.6. The van der Waals surface area contributed by atoms with Crippen molar-refractivity contribution < 1.29 is 38.0 Å². The summed E-state index contributed by atoms with van der Waals surface area (Å²) in [5.74, 6) is -0.461. The van der Waals surface area contributed by atoms with Gasteiger partial charge in [0.05, 0.1) is 16.8 Å². The Morgan fingerprint density at radius 3 is 2.31 bits per heavy atom. The van der Waals surface area contributed by atoms with Crippen LogP contribution in [0.4, 0.5) is 18.9 Å². The molecule has 4 N–H and O–H groups in total. The van der Waals surface area contributed by atoms with E-state index in [1.54, 1.807) is 44.2 Å². The number of hydrogen-bond donors (Lipinski definition) is 4. The predicted molar refractivity (Wildman–Crippen MR) is 186 cm³/mol. The first-order valence-corrected chi connectivity index (χ1v) is 16.4. The van der Waals surface area contributed by atoms with Gasteiger partial charge >= 0.3 is 6.18 Å². The molecule has 13 heteroatoms. The summed E-state index contributed by atoms with van der Waals surface area (Å²) in [6, 6.07) is 15.2. The van der Waals surface area contributed by atoms with E-state index in [-0.39, 0.29) is 47.6 Å². The topological polar surface area (TPSA) is 115 Å².